The van der Waals surface area contributed by atoms with Gasteiger partial charge in [-0.3, -0.25) is 4.79 Å². The first-order valence-corrected chi connectivity index (χ1v) is 6.14. The molecule has 0 spiro atoms. The monoisotopic (exact) mass is 233 g/mol. The Morgan fingerprint density at radius 1 is 1.41 bits per heavy atom. The van der Waals surface area contributed by atoms with E-state index in [-0.39, 0.29) is 5.91 Å². The third-order valence-corrected chi connectivity index (χ3v) is 2.75. The number of carbonyl (C=O) groups is 1. The standard InChI is InChI=1S/C13H19N3O/c14-7-2-8-15-12-4-1-3-10(9-12)13(17)16-11-5-6-11/h1,3-4,9,11,15H,2,5-8,14H2,(H,16,17). The second-order valence-corrected chi connectivity index (χ2v) is 4.40. The molecule has 1 aliphatic carbocycles. The van der Waals surface area contributed by atoms with Crippen LogP contribution in [0.2, 0.25) is 0 Å². The fraction of sp³-hybridized carbons (Fsp3) is 0.462. The molecule has 4 nitrogen and oxygen atoms in total. The highest BCUT2D eigenvalue weighted by molar-refractivity contribution is 5.95. The zero-order valence-corrected chi connectivity index (χ0v) is 9.91. The maximum absolute atomic E-state index is 11.8. The van der Waals surface area contributed by atoms with E-state index < -0.39 is 0 Å². The average Bonchev–Trinajstić information content (AvgIpc) is 3.14. The van der Waals surface area contributed by atoms with Gasteiger partial charge in [-0.25, -0.2) is 0 Å². The second kappa shape index (κ2) is 5.68. The lowest BCUT2D eigenvalue weighted by atomic mass is 10.2. The molecule has 1 amide bonds. The van der Waals surface area contributed by atoms with Crippen molar-refractivity contribution in [2.75, 3.05) is 18.4 Å². The lowest BCUT2D eigenvalue weighted by Crippen LogP contribution is -2.25. The molecule has 1 aromatic carbocycles. The summed E-state index contributed by atoms with van der Waals surface area (Å²) in [5.41, 5.74) is 7.12. The fourth-order valence-corrected chi connectivity index (χ4v) is 1.60. The summed E-state index contributed by atoms with van der Waals surface area (Å²) in [6.45, 7) is 1.51. The Bertz CT molecular complexity index is 388. The molecule has 0 heterocycles. The number of nitrogens with two attached hydrogens (primary N) is 1. The summed E-state index contributed by atoms with van der Waals surface area (Å²) in [5, 5.41) is 6.23. The summed E-state index contributed by atoms with van der Waals surface area (Å²) in [6.07, 6.45) is 3.15. The van der Waals surface area contributed by atoms with E-state index in [0.29, 0.717) is 12.6 Å². The van der Waals surface area contributed by atoms with Crippen molar-refractivity contribution in [1.82, 2.24) is 5.32 Å². The largest absolute Gasteiger partial charge is 0.385 e. The summed E-state index contributed by atoms with van der Waals surface area (Å²) < 4.78 is 0. The predicted octanol–water partition coefficient (Wildman–Crippen LogP) is 1.34. The molecule has 0 unspecified atom stereocenters. The molecule has 4 heteroatoms. The SMILES string of the molecule is NCCCNc1cccc(C(=O)NC2CC2)c1. The number of nitrogens with one attached hydrogen (secondary N) is 2. The zero-order chi connectivity index (χ0) is 12.1. The molecule has 0 saturated heterocycles. The van der Waals surface area contributed by atoms with E-state index in [2.05, 4.69) is 10.6 Å². The van der Waals surface area contributed by atoms with E-state index in [9.17, 15) is 4.79 Å². The summed E-state index contributed by atoms with van der Waals surface area (Å²) in [5.74, 6) is 0.0231. The molecule has 0 aliphatic heterocycles. The molecule has 1 aliphatic rings. The zero-order valence-electron chi connectivity index (χ0n) is 9.91. The Hall–Kier alpha value is -1.55. The molecule has 0 bridgehead atoms. The molecule has 92 valence electrons. The smallest absolute Gasteiger partial charge is 0.251 e. The normalized spacial score (nSPS) is 14.4. The highest BCUT2D eigenvalue weighted by atomic mass is 16.1. The van der Waals surface area contributed by atoms with Crippen LogP contribution in [0.5, 0.6) is 0 Å². The Balaban J connectivity index is 1.92. The van der Waals surface area contributed by atoms with Crippen LogP contribution < -0.4 is 16.4 Å². The van der Waals surface area contributed by atoms with Gasteiger partial charge in [-0.05, 0) is 44.0 Å². The molecule has 0 aromatic heterocycles. The first kappa shape index (κ1) is 11.9. The molecule has 0 atom stereocenters. The number of hydrogen-bond donors (Lipinski definition) is 3. The van der Waals surface area contributed by atoms with Gasteiger partial charge in [0.25, 0.3) is 5.91 Å². The van der Waals surface area contributed by atoms with E-state index in [1.54, 1.807) is 0 Å². The molecule has 1 saturated carbocycles. The minimum Gasteiger partial charge on any atom is -0.385 e. The third kappa shape index (κ3) is 3.75. The van der Waals surface area contributed by atoms with Crippen molar-refractivity contribution in [3.05, 3.63) is 29.8 Å². The van der Waals surface area contributed by atoms with E-state index in [0.717, 1.165) is 37.1 Å². The van der Waals surface area contributed by atoms with Gasteiger partial charge < -0.3 is 16.4 Å². The predicted molar refractivity (Wildman–Crippen MR) is 69.1 cm³/mol. The van der Waals surface area contributed by atoms with Gasteiger partial charge in [0.1, 0.15) is 0 Å². The molecule has 1 aromatic rings. The van der Waals surface area contributed by atoms with Crippen molar-refractivity contribution in [3.8, 4) is 0 Å². The van der Waals surface area contributed by atoms with Crippen molar-refractivity contribution >= 4 is 11.6 Å². The van der Waals surface area contributed by atoms with Crippen molar-refractivity contribution in [2.45, 2.75) is 25.3 Å². The lowest BCUT2D eigenvalue weighted by Gasteiger charge is -2.08. The third-order valence-electron chi connectivity index (χ3n) is 2.75. The number of hydrogen-bond acceptors (Lipinski definition) is 3. The Labute approximate surface area is 102 Å². The molecule has 1 fully saturated rings. The first-order chi connectivity index (χ1) is 8.29. The summed E-state index contributed by atoms with van der Waals surface area (Å²) in [4.78, 5) is 11.8. The van der Waals surface area contributed by atoms with Gasteiger partial charge in [0.05, 0.1) is 0 Å². The van der Waals surface area contributed by atoms with Crippen molar-refractivity contribution < 1.29 is 4.79 Å². The van der Waals surface area contributed by atoms with Gasteiger partial charge in [-0.15, -0.1) is 0 Å². The van der Waals surface area contributed by atoms with E-state index in [1.165, 1.54) is 0 Å². The Kier molecular flexibility index (Phi) is 3.98. The fourth-order valence-electron chi connectivity index (χ4n) is 1.60. The van der Waals surface area contributed by atoms with Crippen LogP contribution in [0.4, 0.5) is 5.69 Å². The van der Waals surface area contributed by atoms with Gasteiger partial charge in [0, 0.05) is 23.8 Å². The van der Waals surface area contributed by atoms with Crippen molar-refractivity contribution in [1.29, 1.82) is 0 Å². The first-order valence-electron chi connectivity index (χ1n) is 6.14. The van der Waals surface area contributed by atoms with Crippen molar-refractivity contribution in [2.24, 2.45) is 5.73 Å². The van der Waals surface area contributed by atoms with Gasteiger partial charge in [-0.2, -0.15) is 0 Å². The van der Waals surface area contributed by atoms with Crippen LogP contribution in [0.25, 0.3) is 0 Å². The van der Waals surface area contributed by atoms with Crippen LogP contribution >= 0.6 is 0 Å². The van der Waals surface area contributed by atoms with Gasteiger partial charge in [0.15, 0.2) is 0 Å². The van der Waals surface area contributed by atoms with E-state index in [1.807, 2.05) is 24.3 Å². The van der Waals surface area contributed by atoms with E-state index >= 15 is 0 Å². The number of carbonyl (C=O) groups excluding carboxylic acids is 1. The van der Waals surface area contributed by atoms with Crippen molar-refractivity contribution in [3.63, 3.8) is 0 Å². The molecule has 0 radical (unpaired) electrons. The highest BCUT2D eigenvalue weighted by Gasteiger charge is 2.23. The maximum atomic E-state index is 11.8. The molecular formula is C13H19N3O. The van der Waals surface area contributed by atoms with Gasteiger partial charge >= 0.3 is 0 Å². The number of rotatable bonds is 6. The minimum absolute atomic E-state index is 0.0231. The van der Waals surface area contributed by atoms with Gasteiger partial charge in [0.2, 0.25) is 0 Å². The summed E-state index contributed by atoms with van der Waals surface area (Å²) >= 11 is 0. The average molecular weight is 233 g/mol. The maximum Gasteiger partial charge on any atom is 0.251 e. The van der Waals surface area contributed by atoms with Crippen LogP contribution in [0.3, 0.4) is 0 Å². The topological polar surface area (TPSA) is 67.1 Å². The lowest BCUT2D eigenvalue weighted by molar-refractivity contribution is 0.0951. The van der Waals surface area contributed by atoms with Crippen LogP contribution in [-0.4, -0.2) is 25.0 Å². The van der Waals surface area contributed by atoms with E-state index in [4.69, 9.17) is 5.73 Å². The summed E-state index contributed by atoms with van der Waals surface area (Å²) in [7, 11) is 0. The Morgan fingerprint density at radius 3 is 2.94 bits per heavy atom. The number of benzene rings is 1. The Morgan fingerprint density at radius 2 is 2.24 bits per heavy atom. The number of anilines is 1. The van der Waals surface area contributed by atoms with Crippen LogP contribution in [-0.2, 0) is 0 Å². The quantitative estimate of drug-likeness (QED) is 0.649. The molecule has 17 heavy (non-hydrogen) atoms. The number of amides is 1. The van der Waals surface area contributed by atoms with Gasteiger partial charge in [-0.1, -0.05) is 6.07 Å². The molecule has 4 N–H and O–H groups in total. The summed E-state index contributed by atoms with van der Waals surface area (Å²) in [6, 6.07) is 7.98. The van der Waals surface area contributed by atoms with Crippen LogP contribution in [0.15, 0.2) is 24.3 Å². The van der Waals surface area contributed by atoms with Crippen LogP contribution in [0.1, 0.15) is 29.6 Å². The minimum atomic E-state index is 0.0231. The molecule has 2 rings (SSSR count). The molecular weight excluding hydrogens is 214 g/mol. The van der Waals surface area contributed by atoms with Crippen LogP contribution in [0, 0.1) is 0 Å². The second-order valence-electron chi connectivity index (χ2n) is 4.40. The highest BCUT2D eigenvalue weighted by Crippen LogP contribution is 2.19.